The number of phenolic OH excluding ortho intramolecular Hbond substituents is 3. The summed E-state index contributed by atoms with van der Waals surface area (Å²) >= 11 is 0. The van der Waals surface area contributed by atoms with Crippen LogP contribution < -0.4 is 19.6 Å². The summed E-state index contributed by atoms with van der Waals surface area (Å²) in [6.45, 7) is 1.21. The third-order valence-corrected chi connectivity index (χ3v) is 7.88. The standard InChI is InChI=1S/C34H26O9/c35-24-7-4-20(14-25(24)36)29-16-26(37)33-27(38)17-30-32(34(33)43-29)23(15-31(39)42-30)19-2-5-22(6-3-19)40-11-9-18-1-8-28-21(13-18)10-12-41-28/h1-8,13-14,16-17,23,35-36,38H,9-12,15H2/t23-/m1/s1. The lowest BCUT2D eigenvalue weighted by atomic mass is 9.85. The van der Waals surface area contributed by atoms with E-state index in [4.69, 9.17) is 18.6 Å². The van der Waals surface area contributed by atoms with Crippen LogP contribution in [-0.2, 0) is 17.6 Å². The Hall–Kier alpha value is -5.44. The monoisotopic (exact) mass is 578 g/mol. The van der Waals surface area contributed by atoms with Crippen LogP contribution in [0.15, 0.2) is 82.0 Å². The lowest BCUT2D eigenvalue weighted by molar-refractivity contribution is -0.135. The maximum atomic E-state index is 13.2. The van der Waals surface area contributed by atoms with E-state index in [2.05, 4.69) is 6.07 Å². The first-order valence-corrected chi connectivity index (χ1v) is 13.9. The molecule has 0 aliphatic carbocycles. The number of fused-ring (bicyclic) bond motifs is 4. The molecule has 0 spiro atoms. The zero-order chi connectivity index (χ0) is 29.7. The van der Waals surface area contributed by atoms with E-state index in [1.54, 1.807) is 0 Å². The Kier molecular flexibility index (Phi) is 6.42. The fourth-order valence-corrected chi connectivity index (χ4v) is 5.74. The number of carbonyl (C=O) groups is 1. The number of rotatable bonds is 6. The van der Waals surface area contributed by atoms with Crippen molar-refractivity contribution in [1.29, 1.82) is 0 Å². The highest BCUT2D eigenvalue weighted by Crippen LogP contribution is 2.46. The van der Waals surface area contributed by atoms with E-state index in [9.17, 15) is 24.9 Å². The van der Waals surface area contributed by atoms with Gasteiger partial charge in [-0.15, -0.1) is 0 Å². The smallest absolute Gasteiger partial charge is 0.312 e. The van der Waals surface area contributed by atoms with Gasteiger partial charge >= 0.3 is 5.97 Å². The van der Waals surface area contributed by atoms with Crippen LogP contribution in [0.2, 0.25) is 0 Å². The van der Waals surface area contributed by atoms with Crippen LogP contribution in [0.4, 0.5) is 0 Å². The molecule has 0 bridgehead atoms. The summed E-state index contributed by atoms with van der Waals surface area (Å²) in [6.07, 6.45) is 1.65. The largest absolute Gasteiger partial charge is 0.507 e. The number of hydrogen-bond donors (Lipinski definition) is 3. The maximum Gasteiger partial charge on any atom is 0.312 e. The molecule has 0 saturated heterocycles. The first kappa shape index (κ1) is 26.5. The Balaban J connectivity index is 1.20. The second-order valence-electron chi connectivity index (χ2n) is 10.6. The van der Waals surface area contributed by atoms with Gasteiger partial charge in [-0.25, -0.2) is 0 Å². The van der Waals surface area contributed by atoms with E-state index in [0.29, 0.717) is 23.5 Å². The lowest BCUT2D eigenvalue weighted by Gasteiger charge is -2.26. The number of carbonyl (C=O) groups excluding carboxylic acids is 1. The van der Waals surface area contributed by atoms with Gasteiger partial charge < -0.3 is 33.9 Å². The van der Waals surface area contributed by atoms with E-state index in [1.165, 1.54) is 41.5 Å². The fraction of sp³-hybridized carbons (Fsp3) is 0.176. The molecule has 3 heterocycles. The Labute approximate surface area is 245 Å². The van der Waals surface area contributed by atoms with Crippen LogP contribution in [0.5, 0.6) is 34.5 Å². The summed E-state index contributed by atoms with van der Waals surface area (Å²) in [6, 6.07) is 20.1. The Morgan fingerprint density at radius 2 is 1.67 bits per heavy atom. The van der Waals surface area contributed by atoms with Gasteiger partial charge in [0.15, 0.2) is 16.9 Å². The molecule has 7 rings (SSSR count). The predicted molar refractivity (Wildman–Crippen MR) is 156 cm³/mol. The van der Waals surface area contributed by atoms with Crippen LogP contribution >= 0.6 is 0 Å². The normalized spacial score (nSPS) is 15.4. The highest BCUT2D eigenvalue weighted by atomic mass is 16.5. The first-order valence-electron chi connectivity index (χ1n) is 13.9. The van der Waals surface area contributed by atoms with Crippen molar-refractivity contribution in [2.75, 3.05) is 13.2 Å². The first-order chi connectivity index (χ1) is 20.8. The molecule has 0 fully saturated rings. The lowest BCUT2D eigenvalue weighted by Crippen LogP contribution is -2.22. The second kappa shape index (κ2) is 10.4. The molecule has 5 aromatic rings. The molecule has 0 unspecified atom stereocenters. The van der Waals surface area contributed by atoms with Gasteiger partial charge in [0.2, 0.25) is 0 Å². The average Bonchev–Trinajstić information content (AvgIpc) is 3.46. The van der Waals surface area contributed by atoms with Crippen molar-refractivity contribution >= 4 is 16.9 Å². The Morgan fingerprint density at radius 3 is 2.49 bits per heavy atom. The van der Waals surface area contributed by atoms with Crippen molar-refractivity contribution in [2.45, 2.75) is 25.2 Å². The van der Waals surface area contributed by atoms with Crippen molar-refractivity contribution in [3.63, 3.8) is 0 Å². The van der Waals surface area contributed by atoms with Gasteiger partial charge in [0.25, 0.3) is 0 Å². The molecule has 43 heavy (non-hydrogen) atoms. The van der Waals surface area contributed by atoms with Gasteiger partial charge in [-0.3, -0.25) is 9.59 Å². The topological polar surface area (TPSA) is 136 Å². The minimum Gasteiger partial charge on any atom is -0.507 e. The summed E-state index contributed by atoms with van der Waals surface area (Å²) in [5.41, 5.74) is 3.51. The number of phenols is 3. The van der Waals surface area contributed by atoms with Crippen molar-refractivity contribution in [3.05, 3.63) is 105 Å². The molecule has 1 aromatic heterocycles. The minimum atomic E-state index is -0.534. The summed E-state index contributed by atoms with van der Waals surface area (Å²) in [5, 5.41) is 30.3. The van der Waals surface area contributed by atoms with Crippen LogP contribution in [0.25, 0.3) is 22.3 Å². The van der Waals surface area contributed by atoms with Gasteiger partial charge in [-0.05, 0) is 53.1 Å². The molecule has 0 saturated carbocycles. The third-order valence-electron chi connectivity index (χ3n) is 7.88. The third kappa shape index (κ3) is 4.88. The van der Waals surface area contributed by atoms with Crippen molar-refractivity contribution < 1.29 is 38.7 Å². The van der Waals surface area contributed by atoms with E-state index < -0.39 is 17.3 Å². The highest BCUT2D eigenvalue weighted by molar-refractivity contribution is 5.93. The average molecular weight is 579 g/mol. The molecule has 3 N–H and O–H groups in total. The Bertz CT molecular complexity index is 1960. The van der Waals surface area contributed by atoms with Gasteiger partial charge in [0.1, 0.15) is 39.7 Å². The molecule has 9 nitrogen and oxygen atoms in total. The molecule has 0 radical (unpaired) electrons. The number of esters is 1. The molecule has 0 amide bonds. The number of benzene rings is 4. The van der Waals surface area contributed by atoms with Gasteiger partial charge in [-0.1, -0.05) is 24.3 Å². The predicted octanol–water partition coefficient (Wildman–Crippen LogP) is 5.57. The van der Waals surface area contributed by atoms with Crippen LogP contribution in [0, 0.1) is 0 Å². The van der Waals surface area contributed by atoms with E-state index in [1.807, 2.05) is 36.4 Å². The van der Waals surface area contributed by atoms with E-state index >= 15 is 0 Å². The van der Waals surface area contributed by atoms with Crippen molar-refractivity contribution in [2.24, 2.45) is 0 Å². The number of hydrogen-bond acceptors (Lipinski definition) is 9. The summed E-state index contributed by atoms with van der Waals surface area (Å²) in [5.74, 6) is -0.275. The van der Waals surface area contributed by atoms with Crippen molar-refractivity contribution in [3.8, 4) is 45.8 Å². The molecule has 1 atom stereocenters. The molecule has 4 aromatic carbocycles. The van der Waals surface area contributed by atoms with Gasteiger partial charge in [-0.2, -0.15) is 0 Å². The molecular weight excluding hydrogens is 552 g/mol. The second-order valence-corrected chi connectivity index (χ2v) is 10.6. The van der Waals surface area contributed by atoms with Crippen LogP contribution in [-0.4, -0.2) is 34.5 Å². The molecular formula is C34H26O9. The van der Waals surface area contributed by atoms with E-state index in [0.717, 1.165) is 30.8 Å². The molecule has 9 heteroatoms. The minimum absolute atomic E-state index is 0.0109. The van der Waals surface area contributed by atoms with Gasteiger partial charge in [0, 0.05) is 42.0 Å². The zero-order valence-electron chi connectivity index (χ0n) is 22.8. The SMILES string of the molecule is O=C1C[C@H](c2ccc(OCCc3ccc4c(c3)CCO4)cc2)c2c(cc(O)c3c(=O)cc(-c4ccc(O)c(O)c4)oc23)O1. The molecule has 216 valence electrons. The maximum absolute atomic E-state index is 13.2. The summed E-state index contributed by atoms with van der Waals surface area (Å²) in [7, 11) is 0. The Morgan fingerprint density at radius 1 is 0.837 bits per heavy atom. The highest BCUT2D eigenvalue weighted by Gasteiger charge is 2.33. The molecule has 2 aliphatic heterocycles. The van der Waals surface area contributed by atoms with Crippen LogP contribution in [0.3, 0.4) is 0 Å². The van der Waals surface area contributed by atoms with Crippen molar-refractivity contribution in [1.82, 2.24) is 0 Å². The fourth-order valence-electron chi connectivity index (χ4n) is 5.74. The number of aromatic hydroxyl groups is 3. The molecule has 2 aliphatic rings. The number of ether oxygens (including phenoxy) is 3. The zero-order valence-corrected chi connectivity index (χ0v) is 22.8. The quantitative estimate of drug-likeness (QED) is 0.134. The van der Waals surface area contributed by atoms with Gasteiger partial charge in [0.05, 0.1) is 19.6 Å². The summed E-state index contributed by atoms with van der Waals surface area (Å²) < 4.78 is 23.2. The van der Waals surface area contributed by atoms with Crippen LogP contribution in [0.1, 0.15) is 34.6 Å². The van der Waals surface area contributed by atoms with E-state index in [-0.39, 0.29) is 46.1 Å². The summed E-state index contributed by atoms with van der Waals surface area (Å²) in [4.78, 5) is 25.8.